The van der Waals surface area contributed by atoms with Crippen molar-refractivity contribution in [3.05, 3.63) is 82.4 Å². The van der Waals surface area contributed by atoms with Crippen molar-refractivity contribution in [1.82, 2.24) is 69.4 Å². The molecular formula is C40H44Cl2F4N14O10S2. The van der Waals surface area contributed by atoms with Crippen molar-refractivity contribution in [3.8, 4) is 34.9 Å². The number of hydrogen-bond acceptors (Lipinski definition) is 22. The van der Waals surface area contributed by atoms with Gasteiger partial charge in [0.05, 0.1) is 60.8 Å². The highest BCUT2D eigenvalue weighted by Crippen LogP contribution is 2.57. The minimum absolute atomic E-state index is 0.00683. The van der Waals surface area contributed by atoms with Crippen LogP contribution >= 0.6 is 23.2 Å². The molecule has 0 bridgehead atoms. The third-order valence-corrected chi connectivity index (χ3v) is 15.9. The zero-order chi connectivity index (χ0) is 52.5. The fourth-order valence-corrected chi connectivity index (χ4v) is 10.4. The van der Waals surface area contributed by atoms with Crippen LogP contribution < -0.4 is 18.9 Å². The van der Waals surface area contributed by atoms with Crippen LogP contribution in [0.1, 0.15) is 85.7 Å². The number of aromatic nitrogens is 14. The third kappa shape index (κ3) is 11.0. The lowest BCUT2D eigenvalue weighted by molar-refractivity contribution is 0.0947. The second kappa shape index (κ2) is 21.2. The monoisotopic (exact) mass is 1090 g/mol. The molecular weight excluding hydrogens is 1050 g/mol. The van der Waals surface area contributed by atoms with Crippen LogP contribution in [0.15, 0.2) is 37.4 Å². The summed E-state index contributed by atoms with van der Waals surface area (Å²) in [6.45, 7) is 2.84. The quantitative estimate of drug-likeness (QED) is 0.0939. The summed E-state index contributed by atoms with van der Waals surface area (Å²) in [6, 6.07) is 0. The Bertz CT molecular complexity index is 2880. The maximum absolute atomic E-state index is 14.1. The molecule has 8 rings (SSSR count). The fourth-order valence-electron chi connectivity index (χ4n) is 7.40. The lowest BCUT2D eigenvalue weighted by atomic mass is 10.2. The van der Waals surface area contributed by atoms with Crippen LogP contribution in [0.3, 0.4) is 0 Å². The Morgan fingerprint density at radius 3 is 1.10 bits per heavy atom. The van der Waals surface area contributed by atoms with Crippen molar-refractivity contribution >= 4 is 42.9 Å². The highest BCUT2D eigenvalue weighted by atomic mass is 35.5. The van der Waals surface area contributed by atoms with Crippen molar-refractivity contribution in [2.45, 2.75) is 84.6 Å². The zero-order valence-electron chi connectivity index (χ0n) is 39.2. The Morgan fingerprint density at radius 2 is 0.847 bits per heavy atom. The van der Waals surface area contributed by atoms with Crippen LogP contribution in [-0.4, -0.2) is 151 Å². The van der Waals surface area contributed by atoms with Gasteiger partial charge in [-0.05, 0) is 13.8 Å². The number of hydrogen-bond donors (Lipinski definition) is 0. The van der Waals surface area contributed by atoms with E-state index in [0.717, 1.165) is 21.8 Å². The Kier molecular flexibility index (Phi) is 15.8. The molecule has 6 aromatic heterocycles. The SMILES string of the molecule is COc1ncnc(OC)c1-n1c(CS(=O)(=O)[C@@H](C)[C@H](OC)c2ncc(Cl)cn2)nnc1[C@@H]1CC1(F)F.COc1ncnc(OC)c1-n1c(CS(=O)(=O)[C@@H](C)[C@H](OC)c2ncc(Cl)cn2)nnc1[C@H]1CC1(F)F. The molecule has 2 saturated carbocycles. The molecule has 2 aliphatic rings. The standard InChI is InChI=1S/2C20H22ClF2N7O5S/c2*1-10(15(33-2)16-24-6-11(21)7-25-16)36(31,32)8-13-28-29-17(12-5-20(12,22)23)30(13)14-18(34-3)26-9-27-19(14)35-4/h2*6-7,9-10,12,15H,5,8H2,1-4H3/t10-,12+,15-;10-,12-,15-/m00/s1. The second-order valence-corrected chi connectivity index (χ2v) is 21.6. The van der Waals surface area contributed by atoms with Crippen molar-refractivity contribution < 1.29 is 62.8 Å². The van der Waals surface area contributed by atoms with Crippen molar-refractivity contribution in [1.29, 1.82) is 0 Å². The number of rotatable bonds is 20. The first kappa shape index (κ1) is 53.7. The summed E-state index contributed by atoms with van der Waals surface area (Å²) in [4.78, 5) is 32.2. The molecule has 24 nitrogen and oxygen atoms in total. The van der Waals surface area contributed by atoms with E-state index in [2.05, 4.69) is 60.3 Å². The maximum Gasteiger partial charge on any atom is 0.259 e. The predicted octanol–water partition coefficient (Wildman–Crippen LogP) is 4.66. The van der Waals surface area contributed by atoms with Gasteiger partial charge in [0.2, 0.25) is 23.5 Å². The van der Waals surface area contributed by atoms with Gasteiger partial charge < -0.3 is 28.4 Å². The van der Waals surface area contributed by atoms with E-state index in [0.29, 0.717) is 0 Å². The third-order valence-electron chi connectivity index (χ3n) is 11.5. The van der Waals surface area contributed by atoms with Crippen molar-refractivity contribution in [2.24, 2.45) is 0 Å². The Labute approximate surface area is 418 Å². The Hall–Kier alpha value is -6.08. The van der Waals surface area contributed by atoms with Crippen LogP contribution in [0.5, 0.6) is 23.5 Å². The maximum atomic E-state index is 14.1. The van der Waals surface area contributed by atoms with Crippen LogP contribution in [0.25, 0.3) is 11.4 Å². The van der Waals surface area contributed by atoms with E-state index in [-0.39, 0.29) is 79.9 Å². The van der Waals surface area contributed by atoms with E-state index in [9.17, 15) is 34.4 Å². The highest BCUT2D eigenvalue weighted by molar-refractivity contribution is 7.91. The average Bonchev–Trinajstić information content (AvgIpc) is 4.02. The topological polar surface area (TPSA) is 288 Å². The number of sulfone groups is 2. The van der Waals surface area contributed by atoms with Gasteiger partial charge in [-0.15, -0.1) is 20.4 Å². The van der Waals surface area contributed by atoms with Gasteiger partial charge in [0.15, 0.2) is 54.3 Å². The molecule has 6 atom stereocenters. The number of alkyl halides is 4. The molecule has 2 aliphatic carbocycles. The van der Waals surface area contributed by atoms with E-state index in [1.54, 1.807) is 0 Å². The van der Waals surface area contributed by atoms with Crippen LogP contribution in [0.2, 0.25) is 10.0 Å². The fraction of sp³-hybridized carbons (Fsp3) is 0.500. The van der Waals surface area contributed by atoms with Crippen molar-refractivity contribution in [3.63, 3.8) is 0 Å². The smallest absolute Gasteiger partial charge is 0.259 e. The number of halogens is 6. The minimum atomic E-state index is -4.04. The average molecular weight is 1090 g/mol. The highest BCUT2D eigenvalue weighted by Gasteiger charge is 2.62. The Morgan fingerprint density at radius 1 is 0.556 bits per heavy atom. The van der Waals surface area contributed by atoms with Crippen molar-refractivity contribution in [2.75, 3.05) is 42.7 Å². The van der Waals surface area contributed by atoms with E-state index >= 15 is 0 Å². The summed E-state index contributed by atoms with van der Waals surface area (Å²) in [5.41, 5.74) is 0.0137. The van der Waals surface area contributed by atoms with Crippen LogP contribution in [0.4, 0.5) is 17.6 Å². The zero-order valence-corrected chi connectivity index (χ0v) is 42.3. The number of nitrogens with zero attached hydrogens (tertiary/aromatic N) is 14. The van der Waals surface area contributed by atoms with Gasteiger partial charge in [0, 0.05) is 51.8 Å². The van der Waals surface area contributed by atoms with Crippen LogP contribution in [-0.2, 0) is 40.7 Å². The first-order valence-corrected chi connectivity index (χ1v) is 25.2. The molecule has 0 radical (unpaired) electrons. The molecule has 6 heterocycles. The summed E-state index contributed by atoms with van der Waals surface area (Å²) >= 11 is 11.7. The predicted molar refractivity (Wildman–Crippen MR) is 242 cm³/mol. The number of methoxy groups -OCH3 is 6. The first-order chi connectivity index (χ1) is 34.1. The molecule has 0 N–H and O–H groups in total. The van der Waals surface area contributed by atoms with Gasteiger partial charge in [-0.1, -0.05) is 23.2 Å². The summed E-state index contributed by atoms with van der Waals surface area (Å²) in [7, 11) is -0.190. The molecule has 2 fully saturated rings. The van der Waals surface area contributed by atoms with E-state index in [1.165, 1.54) is 81.3 Å². The van der Waals surface area contributed by atoms with Gasteiger partial charge in [-0.2, -0.15) is 19.9 Å². The van der Waals surface area contributed by atoms with Gasteiger partial charge in [0.25, 0.3) is 11.8 Å². The molecule has 0 amide bonds. The summed E-state index contributed by atoms with van der Waals surface area (Å²) in [5.74, 6) is -10.5. The van der Waals surface area contributed by atoms with E-state index < -0.39 is 90.4 Å². The van der Waals surface area contributed by atoms with Gasteiger partial charge in [0.1, 0.15) is 48.0 Å². The van der Waals surface area contributed by atoms with E-state index in [1.807, 2.05) is 0 Å². The molecule has 0 unspecified atom stereocenters. The molecule has 6 aromatic rings. The number of ether oxygens (including phenoxy) is 6. The van der Waals surface area contributed by atoms with E-state index in [4.69, 9.17) is 51.6 Å². The normalized spacial score (nSPS) is 18.5. The summed E-state index contributed by atoms with van der Waals surface area (Å²) < 4.78 is 144. The van der Waals surface area contributed by atoms with Gasteiger partial charge >= 0.3 is 0 Å². The van der Waals surface area contributed by atoms with Gasteiger partial charge in [-0.3, -0.25) is 9.13 Å². The molecule has 0 spiro atoms. The molecule has 388 valence electrons. The molecule has 0 aliphatic heterocycles. The lowest BCUT2D eigenvalue weighted by Gasteiger charge is -2.22. The van der Waals surface area contributed by atoms with Crippen LogP contribution in [0, 0.1) is 0 Å². The Balaban J connectivity index is 0.000000211. The summed E-state index contributed by atoms with van der Waals surface area (Å²) in [5, 5.41) is 14.0. The summed E-state index contributed by atoms with van der Waals surface area (Å²) in [6.07, 6.45) is 4.58. The second-order valence-electron chi connectivity index (χ2n) is 16.0. The lowest BCUT2D eigenvalue weighted by Crippen LogP contribution is -2.30. The molecule has 0 saturated heterocycles. The molecule has 0 aromatic carbocycles. The minimum Gasteiger partial charge on any atom is -0.479 e. The van der Waals surface area contributed by atoms with Gasteiger partial charge in [-0.25, -0.2) is 54.3 Å². The largest absolute Gasteiger partial charge is 0.479 e. The first-order valence-electron chi connectivity index (χ1n) is 21.0. The molecule has 72 heavy (non-hydrogen) atoms. The molecule has 32 heteroatoms.